The van der Waals surface area contributed by atoms with E-state index in [1.54, 1.807) is 13.2 Å². The standard InChI is InChI=1S/C13H17NO2/c1-4-7-14-13(15)9-11-5-6-12(16-3)10(2)8-11/h4-6,8H,1,7,9H2,2-3H3,(H,14,15). The Morgan fingerprint density at radius 3 is 2.88 bits per heavy atom. The summed E-state index contributed by atoms with van der Waals surface area (Å²) in [6.45, 7) is 6.02. The minimum atomic E-state index is 0.00414. The van der Waals surface area contributed by atoms with Gasteiger partial charge in [0.2, 0.25) is 5.91 Å². The number of carbonyl (C=O) groups is 1. The van der Waals surface area contributed by atoms with Crippen LogP contribution >= 0.6 is 0 Å². The van der Waals surface area contributed by atoms with Gasteiger partial charge in [-0.25, -0.2) is 0 Å². The van der Waals surface area contributed by atoms with Gasteiger partial charge in [-0.3, -0.25) is 4.79 Å². The first kappa shape index (κ1) is 12.3. The maximum atomic E-state index is 11.4. The highest BCUT2D eigenvalue weighted by molar-refractivity contribution is 5.78. The van der Waals surface area contributed by atoms with Gasteiger partial charge < -0.3 is 10.1 Å². The van der Waals surface area contributed by atoms with E-state index in [1.807, 2.05) is 25.1 Å². The van der Waals surface area contributed by atoms with Crippen molar-refractivity contribution in [1.29, 1.82) is 0 Å². The van der Waals surface area contributed by atoms with Crippen LogP contribution in [0.1, 0.15) is 11.1 Å². The Kier molecular flexibility index (Phi) is 4.58. The summed E-state index contributed by atoms with van der Waals surface area (Å²) in [5.74, 6) is 0.847. The van der Waals surface area contributed by atoms with Gasteiger partial charge >= 0.3 is 0 Å². The summed E-state index contributed by atoms with van der Waals surface area (Å²) in [5.41, 5.74) is 2.02. The van der Waals surface area contributed by atoms with E-state index in [1.165, 1.54) is 0 Å². The molecule has 1 aromatic rings. The Labute approximate surface area is 96.1 Å². The Bertz CT molecular complexity index is 386. The predicted octanol–water partition coefficient (Wildman–Crippen LogP) is 1.85. The lowest BCUT2D eigenvalue weighted by Crippen LogP contribution is -2.24. The molecule has 1 rings (SSSR count). The van der Waals surface area contributed by atoms with Crippen molar-refractivity contribution in [3.05, 3.63) is 42.0 Å². The van der Waals surface area contributed by atoms with E-state index in [9.17, 15) is 4.79 Å². The Hall–Kier alpha value is -1.77. The van der Waals surface area contributed by atoms with Crippen molar-refractivity contribution in [2.45, 2.75) is 13.3 Å². The highest BCUT2D eigenvalue weighted by Gasteiger charge is 2.04. The van der Waals surface area contributed by atoms with Gasteiger partial charge in [-0.05, 0) is 24.1 Å². The van der Waals surface area contributed by atoms with Gasteiger partial charge in [0, 0.05) is 6.54 Å². The van der Waals surface area contributed by atoms with Crippen molar-refractivity contribution in [1.82, 2.24) is 5.32 Å². The number of ether oxygens (including phenoxy) is 1. The third-order valence-corrected chi connectivity index (χ3v) is 2.27. The molecule has 0 saturated heterocycles. The van der Waals surface area contributed by atoms with Crippen LogP contribution in [0, 0.1) is 6.92 Å². The zero-order valence-corrected chi connectivity index (χ0v) is 9.75. The number of hydrogen-bond donors (Lipinski definition) is 1. The molecule has 0 spiro atoms. The van der Waals surface area contributed by atoms with E-state index >= 15 is 0 Å². The van der Waals surface area contributed by atoms with Gasteiger partial charge in [0.25, 0.3) is 0 Å². The summed E-state index contributed by atoms with van der Waals surface area (Å²) < 4.78 is 5.16. The van der Waals surface area contributed by atoms with Gasteiger partial charge in [-0.2, -0.15) is 0 Å². The molecule has 0 fully saturated rings. The van der Waals surface area contributed by atoms with Crippen LogP contribution in [0.4, 0.5) is 0 Å². The number of hydrogen-bond acceptors (Lipinski definition) is 2. The van der Waals surface area contributed by atoms with Crippen molar-refractivity contribution >= 4 is 5.91 Å². The van der Waals surface area contributed by atoms with Crippen molar-refractivity contribution in [2.24, 2.45) is 0 Å². The average molecular weight is 219 g/mol. The van der Waals surface area contributed by atoms with Crippen LogP contribution in [-0.4, -0.2) is 19.6 Å². The van der Waals surface area contributed by atoms with Crippen molar-refractivity contribution in [2.75, 3.05) is 13.7 Å². The van der Waals surface area contributed by atoms with E-state index in [2.05, 4.69) is 11.9 Å². The molecule has 1 N–H and O–H groups in total. The minimum absolute atomic E-state index is 0.00414. The highest BCUT2D eigenvalue weighted by atomic mass is 16.5. The molecule has 0 heterocycles. The molecule has 0 aliphatic carbocycles. The lowest BCUT2D eigenvalue weighted by atomic mass is 10.1. The van der Waals surface area contributed by atoms with E-state index in [4.69, 9.17) is 4.74 Å². The highest BCUT2D eigenvalue weighted by Crippen LogP contribution is 2.18. The molecule has 86 valence electrons. The molecule has 0 unspecified atom stereocenters. The summed E-state index contributed by atoms with van der Waals surface area (Å²) in [6.07, 6.45) is 2.05. The first-order valence-corrected chi connectivity index (χ1v) is 5.18. The molecule has 0 atom stereocenters. The number of nitrogens with one attached hydrogen (secondary N) is 1. The third-order valence-electron chi connectivity index (χ3n) is 2.27. The summed E-state index contributed by atoms with van der Waals surface area (Å²) in [6, 6.07) is 5.75. The second-order valence-electron chi connectivity index (χ2n) is 3.57. The summed E-state index contributed by atoms with van der Waals surface area (Å²) in [4.78, 5) is 11.4. The van der Waals surface area contributed by atoms with Gasteiger partial charge in [0.05, 0.1) is 13.5 Å². The Morgan fingerprint density at radius 2 is 2.31 bits per heavy atom. The maximum absolute atomic E-state index is 11.4. The molecule has 0 aromatic heterocycles. The summed E-state index contributed by atoms with van der Waals surface area (Å²) >= 11 is 0. The van der Waals surface area contributed by atoms with Gasteiger partial charge in [0.15, 0.2) is 0 Å². The van der Waals surface area contributed by atoms with Crippen LogP contribution < -0.4 is 10.1 Å². The third kappa shape index (κ3) is 3.42. The van der Waals surface area contributed by atoms with Gasteiger partial charge in [-0.15, -0.1) is 6.58 Å². The van der Waals surface area contributed by atoms with Crippen molar-refractivity contribution < 1.29 is 9.53 Å². The number of benzene rings is 1. The fourth-order valence-electron chi connectivity index (χ4n) is 1.48. The SMILES string of the molecule is C=CCNC(=O)Cc1ccc(OC)c(C)c1. The Balaban J connectivity index is 2.64. The van der Waals surface area contributed by atoms with Crippen LogP contribution in [0.15, 0.2) is 30.9 Å². The van der Waals surface area contributed by atoms with E-state index in [-0.39, 0.29) is 5.91 Å². The van der Waals surface area contributed by atoms with Crippen LogP contribution in [0.25, 0.3) is 0 Å². The summed E-state index contributed by atoms with van der Waals surface area (Å²) in [5, 5.41) is 2.74. The Morgan fingerprint density at radius 1 is 1.56 bits per heavy atom. The predicted molar refractivity (Wildman–Crippen MR) is 64.6 cm³/mol. The molecule has 0 aliphatic heterocycles. The van der Waals surface area contributed by atoms with Crippen molar-refractivity contribution in [3.8, 4) is 5.75 Å². The molecule has 3 heteroatoms. The normalized spacial score (nSPS) is 9.62. The monoisotopic (exact) mass is 219 g/mol. The molecule has 3 nitrogen and oxygen atoms in total. The van der Waals surface area contributed by atoms with Crippen LogP contribution in [-0.2, 0) is 11.2 Å². The minimum Gasteiger partial charge on any atom is -0.496 e. The average Bonchev–Trinajstić information content (AvgIpc) is 2.26. The number of carbonyl (C=O) groups excluding carboxylic acids is 1. The molecular formula is C13H17NO2. The number of methoxy groups -OCH3 is 1. The summed E-state index contributed by atoms with van der Waals surface area (Å²) in [7, 11) is 1.64. The smallest absolute Gasteiger partial charge is 0.224 e. The number of aryl methyl sites for hydroxylation is 1. The van der Waals surface area contributed by atoms with Gasteiger partial charge in [0.1, 0.15) is 5.75 Å². The number of rotatable bonds is 5. The molecule has 1 amide bonds. The lowest BCUT2D eigenvalue weighted by molar-refractivity contribution is -0.120. The fraction of sp³-hybridized carbons (Fsp3) is 0.308. The molecule has 0 saturated carbocycles. The lowest BCUT2D eigenvalue weighted by Gasteiger charge is -2.07. The largest absolute Gasteiger partial charge is 0.496 e. The molecule has 0 aliphatic rings. The fourth-order valence-corrected chi connectivity index (χ4v) is 1.48. The first-order valence-electron chi connectivity index (χ1n) is 5.18. The first-order chi connectivity index (χ1) is 7.67. The zero-order chi connectivity index (χ0) is 12.0. The van der Waals surface area contributed by atoms with Crippen LogP contribution in [0.3, 0.4) is 0 Å². The molecule has 1 aromatic carbocycles. The van der Waals surface area contributed by atoms with Crippen molar-refractivity contribution in [3.63, 3.8) is 0 Å². The maximum Gasteiger partial charge on any atom is 0.224 e. The van der Waals surface area contributed by atoms with E-state index in [0.717, 1.165) is 16.9 Å². The molecule has 0 radical (unpaired) electrons. The van der Waals surface area contributed by atoms with E-state index < -0.39 is 0 Å². The second kappa shape index (κ2) is 5.95. The van der Waals surface area contributed by atoms with E-state index in [0.29, 0.717) is 13.0 Å². The van der Waals surface area contributed by atoms with Crippen LogP contribution in [0.2, 0.25) is 0 Å². The topological polar surface area (TPSA) is 38.3 Å². The van der Waals surface area contributed by atoms with Crippen LogP contribution in [0.5, 0.6) is 5.75 Å². The van der Waals surface area contributed by atoms with Gasteiger partial charge in [-0.1, -0.05) is 18.2 Å². The number of amides is 1. The quantitative estimate of drug-likeness (QED) is 0.767. The second-order valence-corrected chi connectivity index (χ2v) is 3.57. The molecule has 16 heavy (non-hydrogen) atoms. The molecular weight excluding hydrogens is 202 g/mol. The zero-order valence-electron chi connectivity index (χ0n) is 9.75. The molecule has 0 bridgehead atoms.